The zero-order valence-electron chi connectivity index (χ0n) is 15.8. The Bertz CT molecular complexity index is 850. The highest BCUT2D eigenvalue weighted by atomic mass is 35.5. The lowest BCUT2D eigenvalue weighted by molar-refractivity contribution is 0.0608. The molecule has 1 aliphatic rings. The molecule has 3 rings (SSSR count). The first kappa shape index (κ1) is 19.4. The van der Waals surface area contributed by atoms with E-state index in [1.165, 1.54) is 6.42 Å². The molecule has 1 aliphatic heterocycles. The molecule has 27 heavy (non-hydrogen) atoms. The number of halogens is 1. The molecule has 1 saturated heterocycles. The average Bonchev–Trinajstić information content (AvgIpc) is 2.71. The molecule has 0 radical (unpaired) electrons. The van der Waals surface area contributed by atoms with Gasteiger partial charge in [-0.3, -0.25) is 9.59 Å². The number of rotatable bonds is 4. The van der Waals surface area contributed by atoms with E-state index in [0.717, 1.165) is 31.4 Å². The maximum atomic E-state index is 13.0. The minimum Gasteiger partial charge on any atom is -0.336 e. The SMILES string of the molecule is CCC1CCCCN1C(=O)c1cccc(C(=O)Nc2cccc(Cl)c2C)c1. The Morgan fingerprint density at radius 2 is 1.89 bits per heavy atom. The molecule has 2 amide bonds. The fourth-order valence-electron chi connectivity index (χ4n) is 3.59. The molecule has 0 bridgehead atoms. The Labute approximate surface area is 165 Å². The van der Waals surface area contributed by atoms with Gasteiger partial charge in [-0.25, -0.2) is 0 Å². The van der Waals surface area contributed by atoms with Crippen LogP contribution in [0.2, 0.25) is 5.02 Å². The number of anilines is 1. The van der Waals surface area contributed by atoms with Crippen molar-refractivity contribution >= 4 is 29.1 Å². The van der Waals surface area contributed by atoms with Crippen molar-refractivity contribution in [3.8, 4) is 0 Å². The van der Waals surface area contributed by atoms with Gasteiger partial charge in [-0.2, -0.15) is 0 Å². The van der Waals surface area contributed by atoms with Crippen molar-refractivity contribution in [1.29, 1.82) is 0 Å². The van der Waals surface area contributed by atoms with Crippen molar-refractivity contribution in [3.05, 3.63) is 64.2 Å². The van der Waals surface area contributed by atoms with Crippen LogP contribution in [0.4, 0.5) is 5.69 Å². The fourth-order valence-corrected chi connectivity index (χ4v) is 3.76. The van der Waals surface area contributed by atoms with Crippen molar-refractivity contribution in [2.24, 2.45) is 0 Å². The van der Waals surface area contributed by atoms with Crippen molar-refractivity contribution in [3.63, 3.8) is 0 Å². The lowest BCUT2D eigenvalue weighted by atomic mass is 9.98. The summed E-state index contributed by atoms with van der Waals surface area (Å²) in [5.74, 6) is -0.240. The van der Waals surface area contributed by atoms with Crippen LogP contribution in [-0.4, -0.2) is 29.3 Å². The van der Waals surface area contributed by atoms with E-state index in [-0.39, 0.29) is 17.9 Å². The molecule has 2 aromatic rings. The summed E-state index contributed by atoms with van der Waals surface area (Å²) in [4.78, 5) is 27.6. The van der Waals surface area contributed by atoms with E-state index in [2.05, 4.69) is 12.2 Å². The third kappa shape index (κ3) is 4.33. The molecular formula is C22H25ClN2O2. The number of nitrogens with one attached hydrogen (secondary N) is 1. The highest BCUT2D eigenvalue weighted by Crippen LogP contribution is 2.24. The average molecular weight is 385 g/mol. The molecule has 0 aliphatic carbocycles. The first-order valence-electron chi connectivity index (χ1n) is 9.48. The van der Waals surface area contributed by atoms with Crippen LogP contribution in [0, 0.1) is 6.92 Å². The summed E-state index contributed by atoms with van der Waals surface area (Å²) in [6.07, 6.45) is 4.22. The molecule has 1 fully saturated rings. The van der Waals surface area contributed by atoms with Crippen molar-refractivity contribution in [2.75, 3.05) is 11.9 Å². The molecule has 1 atom stereocenters. The highest BCUT2D eigenvalue weighted by Gasteiger charge is 2.26. The Kier molecular flexibility index (Phi) is 6.17. The molecule has 1 heterocycles. The number of likely N-dealkylation sites (tertiary alicyclic amines) is 1. The van der Waals surface area contributed by atoms with Gasteiger partial charge in [0.15, 0.2) is 0 Å². The van der Waals surface area contributed by atoms with Crippen LogP contribution in [0.1, 0.15) is 58.9 Å². The van der Waals surface area contributed by atoms with Gasteiger partial charge in [0.1, 0.15) is 0 Å². The predicted molar refractivity (Wildman–Crippen MR) is 110 cm³/mol. The van der Waals surface area contributed by atoms with Crippen molar-refractivity contribution < 1.29 is 9.59 Å². The second-order valence-corrected chi connectivity index (χ2v) is 7.41. The van der Waals surface area contributed by atoms with Gasteiger partial charge in [0.25, 0.3) is 11.8 Å². The largest absolute Gasteiger partial charge is 0.336 e. The van der Waals surface area contributed by atoms with Gasteiger partial charge >= 0.3 is 0 Å². The molecule has 142 valence electrons. The smallest absolute Gasteiger partial charge is 0.255 e. The molecule has 0 aromatic heterocycles. The number of hydrogen-bond donors (Lipinski definition) is 1. The van der Waals surface area contributed by atoms with Gasteiger partial charge < -0.3 is 10.2 Å². The van der Waals surface area contributed by atoms with Crippen LogP contribution in [-0.2, 0) is 0 Å². The lowest BCUT2D eigenvalue weighted by Crippen LogP contribution is -2.43. The molecular weight excluding hydrogens is 360 g/mol. The Morgan fingerprint density at radius 3 is 2.67 bits per heavy atom. The monoisotopic (exact) mass is 384 g/mol. The van der Waals surface area contributed by atoms with E-state index < -0.39 is 0 Å². The van der Waals surface area contributed by atoms with Crippen LogP contribution in [0.3, 0.4) is 0 Å². The zero-order chi connectivity index (χ0) is 19.4. The van der Waals surface area contributed by atoms with E-state index in [9.17, 15) is 9.59 Å². The standard InChI is InChI=1S/C22H25ClN2O2/c1-3-18-10-4-5-13-25(18)22(27)17-9-6-8-16(14-17)21(26)24-20-12-7-11-19(23)15(20)2/h6-9,11-12,14,18H,3-5,10,13H2,1-2H3,(H,24,26). The molecule has 2 aromatic carbocycles. The maximum Gasteiger partial charge on any atom is 0.255 e. The highest BCUT2D eigenvalue weighted by molar-refractivity contribution is 6.31. The second kappa shape index (κ2) is 8.57. The Morgan fingerprint density at radius 1 is 1.15 bits per heavy atom. The fraction of sp³-hybridized carbons (Fsp3) is 0.364. The molecule has 1 N–H and O–H groups in total. The summed E-state index contributed by atoms with van der Waals surface area (Å²) >= 11 is 6.12. The minimum absolute atomic E-state index is 0.00939. The Hall–Kier alpha value is -2.33. The van der Waals surface area contributed by atoms with Crippen LogP contribution < -0.4 is 5.32 Å². The molecule has 0 spiro atoms. The summed E-state index contributed by atoms with van der Waals surface area (Å²) in [5.41, 5.74) is 2.52. The molecule has 5 heteroatoms. The van der Waals surface area contributed by atoms with E-state index >= 15 is 0 Å². The second-order valence-electron chi connectivity index (χ2n) is 7.00. The normalized spacial score (nSPS) is 16.9. The van der Waals surface area contributed by atoms with Crippen LogP contribution >= 0.6 is 11.6 Å². The molecule has 1 unspecified atom stereocenters. The predicted octanol–water partition coefficient (Wildman–Crippen LogP) is 5.31. The third-order valence-corrected chi connectivity index (χ3v) is 5.66. The van der Waals surface area contributed by atoms with Crippen LogP contribution in [0.5, 0.6) is 0 Å². The van der Waals surface area contributed by atoms with Gasteiger partial charge in [0.05, 0.1) is 0 Å². The third-order valence-electron chi connectivity index (χ3n) is 5.25. The van der Waals surface area contributed by atoms with E-state index in [4.69, 9.17) is 11.6 Å². The topological polar surface area (TPSA) is 49.4 Å². The van der Waals surface area contributed by atoms with Crippen LogP contribution in [0.15, 0.2) is 42.5 Å². The summed E-state index contributed by atoms with van der Waals surface area (Å²) in [6.45, 7) is 4.77. The van der Waals surface area contributed by atoms with Crippen molar-refractivity contribution in [2.45, 2.75) is 45.6 Å². The number of hydrogen-bond acceptors (Lipinski definition) is 2. The summed E-state index contributed by atoms with van der Waals surface area (Å²) in [5, 5.41) is 3.49. The van der Waals surface area contributed by atoms with Gasteiger partial charge in [-0.05, 0) is 68.5 Å². The van der Waals surface area contributed by atoms with Gasteiger partial charge in [0, 0.05) is 34.4 Å². The number of nitrogens with zero attached hydrogens (tertiary/aromatic N) is 1. The number of carbonyl (C=O) groups is 2. The van der Waals surface area contributed by atoms with Gasteiger partial charge in [0.2, 0.25) is 0 Å². The van der Waals surface area contributed by atoms with Crippen molar-refractivity contribution in [1.82, 2.24) is 4.90 Å². The summed E-state index contributed by atoms with van der Waals surface area (Å²) in [7, 11) is 0. The minimum atomic E-state index is -0.249. The van der Waals surface area contributed by atoms with E-state index in [1.807, 2.05) is 17.9 Å². The first-order chi connectivity index (χ1) is 13.0. The van der Waals surface area contributed by atoms with E-state index in [1.54, 1.807) is 36.4 Å². The maximum absolute atomic E-state index is 13.0. The van der Waals surface area contributed by atoms with Gasteiger partial charge in [-0.15, -0.1) is 0 Å². The number of carbonyl (C=O) groups excluding carboxylic acids is 2. The number of piperidine rings is 1. The first-order valence-corrected chi connectivity index (χ1v) is 9.86. The Balaban J connectivity index is 1.79. The van der Waals surface area contributed by atoms with Crippen LogP contribution in [0.25, 0.3) is 0 Å². The molecule has 0 saturated carbocycles. The summed E-state index contributed by atoms with van der Waals surface area (Å²) in [6, 6.07) is 12.6. The molecule has 4 nitrogen and oxygen atoms in total. The van der Waals surface area contributed by atoms with Gasteiger partial charge in [-0.1, -0.05) is 30.7 Å². The van der Waals surface area contributed by atoms with E-state index in [0.29, 0.717) is 21.8 Å². The number of amides is 2. The summed E-state index contributed by atoms with van der Waals surface area (Å²) < 4.78 is 0. The zero-order valence-corrected chi connectivity index (χ0v) is 16.6. The number of benzene rings is 2. The lowest BCUT2D eigenvalue weighted by Gasteiger charge is -2.35. The quantitative estimate of drug-likeness (QED) is 0.776.